The van der Waals surface area contributed by atoms with Gasteiger partial charge in [-0.25, -0.2) is 9.78 Å². The highest BCUT2D eigenvalue weighted by Gasteiger charge is 2.26. The van der Waals surface area contributed by atoms with Crippen molar-refractivity contribution in [2.75, 3.05) is 31.6 Å². The van der Waals surface area contributed by atoms with E-state index in [-0.39, 0.29) is 6.09 Å². The number of hydrogen-bond donors (Lipinski definition) is 0. The summed E-state index contributed by atoms with van der Waals surface area (Å²) < 4.78 is 5.41. The summed E-state index contributed by atoms with van der Waals surface area (Å²) >= 11 is 0. The number of carbonyl (C=O) groups is 1. The summed E-state index contributed by atoms with van der Waals surface area (Å²) in [4.78, 5) is 20.3. The second-order valence-corrected chi connectivity index (χ2v) is 7.31. The lowest BCUT2D eigenvalue weighted by Gasteiger charge is -2.35. The zero-order chi connectivity index (χ0) is 17.7. The second kappa shape index (κ2) is 7.52. The van der Waals surface area contributed by atoms with Gasteiger partial charge in [0.05, 0.1) is 0 Å². The quantitative estimate of drug-likeness (QED) is 0.852. The van der Waals surface area contributed by atoms with Crippen molar-refractivity contribution in [2.24, 2.45) is 5.92 Å². The van der Waals surface area contributed by atoms with E-state index < -0.39 is 5.60 Å². The van der Waals surface area contributed by atoms with Gasteiger partial charge in [0.1, 0.15) is 23.2 Å². The van der Waals surface area contributed by atoms with Crippen LogP contribution in [0.15, 0.2) is 18.2 Å². The van der Waals surface area contributed by atoms with Crippen LogP contribution < -0.4 is 4.90 Å². The van der Waals surface area contributed by atoms with Gasteiger partial charge in [-0.2, -0.15) is 5.26 Å². The molecule has 130 valence electrons. The first-order valence-corrected chi connectivity index (χ1v) is 8.35. The topological polar surface area (TPSA) is 69.5 Å². The SMILES string of the molecule is CN(CC1CCCN(c2cccc(C#N)n2)C1)C(=O)OC(C)(C)C. The molecule has 1 aromatic heterocycles. The van der Waals surface area contributed by atoms with E-state index in [4.69, 9.17) is 10.00 Å². The van der Waals surface area contributed by atoms with Gasteiger partial charge in [-0.1, -0.05) is 6.07 Å². The zero-order valence-electron chi connectivity index (χ0n) is 15.0. The van der Waals surface area contributed by atoms with Crippen molar-refractivity contribution in [2.45, 2.75) is 39.2 Å². The van der Waals surface area contributed by atoms with Gasteiger partial charge in [0, 0.05) is 26.7 Å². The van der Waals surface area contributed by atoms with Crippen molar-refractivity contribution >= 4 is 11.9 Å². The highest BCUT2D eigenvalue weighted by atomic mass is 16.6. The molecule has 6 heteroatoms. The van der Waals surface area contributed by atoms with Gasteiger partial charge in [0.15, 0.2) is 0 Å². The van der Waals surface area contributed by atoms with Crippen LogP contribution in [0.25, 0.3) is 0 Å². The molecule has 0 spiro atoms. The molecule has 1 fully saturated rings. The molecule has 0 N–H and O–H groups in total. The third kappa shape index (κ3) is 5.12. The Morgan fingerprint density at radius 1 is 1.50 bits per heavy atom. The van der Waals surface area contributed by atoms with Crippen molar-refractivity contribution in [3.8, 4) is 6.07 Å². The first kappa shape index (κ1) is 18.1. The number of hydrogen-bond acceptors (Lipinski definition) is 5. The Morgan fingerprint density at radius 3 is 2.92 bits per heavy atom. The van der Waals surface area contributed by atoms with Crippen LogP contribution in [-0.2, 0) is 4.74 Å². The Morgan fingerprint density at radius 2 is 2.25 bits per heavy atom. The van der Waals surface area contributed by atoms with Crippen LogP contribution in [0.3, 0.4) is 0 Å². The highest BCUT2D eigenvalue weighted by molar-refractivity contribution is 5.67. The molecular weight excluding hydrogens is 304 g/mol. The first-order chi connectivity index (χ1) is 11.3. The number of nitrogens with zero attached hydrogens (tertiary/aromatic N) is 4. The van der Waals surface area contributed by atoms with Gasteiger partial charge in [0.2, 0.25) is 0 Å². The van der Waals surface area contributed by atoms with Crippen molar-refractivity contribution in [1.29, 1.82) is 5.26 Å². The van der Waals surface area contributed by atoms with Crippen LogP contribution in [0.2, 0.25) is 0 Å². The maximum Gasteiger partial charge on any atom is 0.410 e. The summed E-state index contributed by atoms with van der Waals surface area (Å²) in [6.07, 6.45) is 1.83. The van der Waals surface area contributed by atoms with E-state index in [0.717, 1.165) is 31.7 Å². The number of aromatic nitrogens is 1. The predicted molar refractivity (Wildman–Crippen MR) is 92.8 cm³/mol. The molecule has 1 atom stereocenters. The molecule has 1 saturated heterocycles. The minimum Gasteiger partial charge on any atom is -0.444 e. The molecular formula is C18H26N4O2. The average molecular weight is 330 g/mol. The van der Waals surface area contributed by atoms with Crippen molar-refractivity contribution in [3.05, 3.63) is 23.9 Å². The van der Waals surface area contributed by atoms with Crippen LogP contribution in [-0.4, -0.2) is 48.3 Å². The van der Waals surface area contributed by atoms with Crippen LogP contribution in [0, 0.1) is 17.2 Å². The third-order valence-corrected chi connectivity index (χ3v) is 3.93. The zero-order valence-corrected chi connectivity index (χ0v) is 15.0. The molecule has 24 heavy (non-hydrogen) atoms. The normalized spacial score (nSPS) is 18.0. The number of nitriles is 1. The number of amides is 1. The smallest absolute Gasteiger partial charge is 0.410 e. The third-order valence-electron chi connectivity index (χ3n) is 3.93. The molecule has 2 rings (SSSR count). The number of ether oxygens (including phenoxy) is 1. The van der Waals surface area contributed by atoms with Gasteiger partial charge in [-0.05, 0) is 51.7 Å². The Labute approximate surface area is 144 Å². The van der Waals surface area contributed by atoms with E-state index in [9.17, 15) is 4.79 Å². The van der Waals surface area contributed by atoms with Gasteiger partial charge < -0.3 is 14.5 Å². The number of pyridine rings is 1. The molecule has 0 saturated carbocycles. The van der Waals surface area contributed by atoms with Crippen LogP contribution in [0.4, 0.5) is 10.6 Å². The minimum absolute atomic E-state index is 0.288. The fourth-order valence-electron chi connectivity index (χ4n) is 2.89. The molecule has 1 amide bonds. The number of anilines is 1. The van der Waals surface area contributed by atoms with Crippen LogP contribution >= 0.6 is 0 Å². The molecule has 1 aliphatic heterocycles. The summed E-state index contributed by atoms with van der Waals surface area (Å²) in [5.74, 6) is 1.20. The molecule has 1 aliphatic rings. The Bertz CT molecular complexity index is 618. The standard InChI is InChI=1S/C18H26N4O2/c1-18(2,3)24-17(23)21(4)12-14-7-6-10-22(13-14)16-9-5-8-15(11-19)20-16/h5,8-9,14H,6-7,10,12-13H2,1-4H3. The predicted octanol–water partition coefficient (Wildman–Crippen LogP) is 3.04. The van der Waals surface area contributed by atoms with E-state index in [1.807, 2.05) is 32.9 Å². The summed E-state index contributed by atoms with van der Waals surface area (Å²) in [5, 5.41) is 9.00. The van der Waals surface area contributed by atoms with E-state index in [0.29, 0.717) is 18.2 Å². The molecule has 0 radical (unpaired) electrons. The van der Waals surface area contributed by atoms with E-state index in [1.54, 1.807) is 18.0 Å². The summed E-state index contributed by atoms with van der Waals surface area (Å²) in [5.41, 5.74) is -0.0495. The lowest BCUT2D eigenvalue weighted by atomic mass is 9.97. The molecule has 1 aromatic rings. The molecule has 2 heterocycles. The maximum absolute atomic E-state index is 12.1. The number of rotatable bonds is 3. The Hall–Kier alpha value is -2.29. The Kier molecular flexibility index (Phi) is 5.66. The van der Waals surface area contributed by atoms with Crippen molar-refractivity contribution in [1.82, 2.24) is 9.88 Å². The molecule has 6 nitrogen and oxygen atoms in total. The Balaban J connectivity index is 1.95. The molecule has 0 bridgehead atoms. The molecule has 1 unspecified atom stereocenters. The van der Waals surface area contributed by atoms with Crippen molar-refractivity contribution in [3.63, 3.8) is 0 Å². The minimum atomic E-state index is -0.481. The number of piperidine rings is 1. The fraction of sp³-hybridized carbons (Fsp3) is 0.611. The summed E-state index contributed by atoms with van der Waals surface area (Å²) in [7, 11) is 1.78. The molecule has 0 aromatic carbocycles. The van der Waals surface area contributed by atoms with E-state index in [2.05, 4.69) is 16.0 Å². The van der Waals surface area contributed by atoms with Gasteiger partial charge >= 0.3 is 6.09 Å². The first-order valence-electron chi connectivity index (χ1n) is 8.35. The molecule has 0 aliphatic carbocycles. The fourth-order valence-corrected chi connectivity index (χ4v) is 2.89. The van der Waals surface area contributed by atoms with E-state index >= 15 is 0 Å². The lowest BCUT2D eigenvalue weighted by Crippen LogP contribution is -2.43. The number of carbonyl (C=O) groups excluding carboxylic acids is 1. The van der Waals surface area contributed by atoms with Crippen LogP contribution in [0.5, 0.6) is 0 Å². The van der Waals surface area contributed by atoms with E-state index in [1.165, 1.54) is 0 Å². The monoisotopic (exact) mass is 330 g/mol. The van der Waals surface area contributed by atoms with Gasteiger partial charge in [-0.15, -0.1) is 0 Å². The largest absolute Gasteiger partial charge is 0.444 e. The second-order valence-electron chi connectivity index (χ2n) is 7.31. The average Bonchev–Trinajstić information content (AvgIpc) is 2.53. The lowest BCUT2D eigenvalue weighted by molar-refractivity contribution is 0.0269. The van der Waals surface area contributed by atoms with Crippen LogP contribution in [0.1, 0.15) is 39.3 Å². The van der Waals surface area contributed by atoms with Gasteiger partial charge in [0.25, 0.3) is 0 Å². The van der Waals surface area contributed by atoms with Crippen molar-refractivity contribution < 1.29 is 9.53 Å². The maximum atomic E-state index is 12.1. The highest BCUT2D eigenvalue weighted by Crippen LogP contribution is 2.23. The summed E-state index contributed by atoms with van der Waals surface area (Å²) in [6.45, 7) is 8.02. The summed E-state index contributed by atoms with van der Waals surface area (Å²) in [6, 6.07) is 7.58. The van der Waals surface area contributed by atoms with Gasteiger partial charge in [-0.3, -0.25) is 0 Å².